The number of aryl methyl sites for hydroxylation is 1. The van der Waals surface area contributed by atoms with Crippen LogP contribution in [0.2, 0.25) is 0 Å². The Kier molecular flexibility index (Phi) is 7.09. The molecule has 3 aromatic rings. The van der Waals surface area contributed by atoms with Gasteiger partial charge in [0, 0.05) is 49.3 Å². The SMILES string of the molecule is CCOCC1(CC(=O)C2CN(c3cc(C)c4c(=O)c(C(=O)O)cn(-c5ncns5)c4n3)C2)CCCCC1. The fourth-order valence-electron chi connectivity index (χ4n) is 5.59. The van der Waals surface area contributed by atoms with Gasteiger partial charge in [0.2, 0.25) is 10.6 Å². The van der Waals surface area contributed by atoms with Crippen molar-refractivity contribution < 1.29 is 19.4 Å². The number of nitrogens with zero attached hydrogens (tertiary/aromatic N) is 5. The highest BCUT2D eigenvalue weighted by Gasteiger charge is 2.40. The highest BCUT2D eigenvalue weighted by atomic mass is 32.1. The van der Waals surface area contributed by atoms with Gasteiger partial charge in [-0.3, -0.25) is 14.2 Å². The molecule has 1 aliphatic heterocycles. The van der Waals surface area contributed by atoms with E-state index in [0.29, 0.717) is 54.9 Å². The van der Waals surface area contributed by atoms with Crippen LogP contribution in [0.15, 0.2) is 23.4 Å². The summed E-state index contributed by atoms with van der Waals surface area (Å²) >= 11 is 1.08. The average Bonchev–Trinajstić information content (AvgIpc) is 3.37. The summed E-state index contributed by atoms with van der Waals surface area (Å²) in [5, 5.41) is 10.2. The lowest BCUT2D eigenvalue weighted by Gasteiger charge is -2.42. The van der Waals surface area contributed by atoms with E-state index in [4.69, 9.17) is 9.72 Å². The monoisotopic (exact) mass is 525 g/mol. The van der Waals surface area contributed by atoms with Gasteiger partial charge in [0.1, 0.15) is 23.5 Å². The molecule has 1 aliphatic carbocycles. The third-order valence-electron chi connectivity index (χ3n) is 7.66. The van der Waals surface area contributed by atoms with E-state index < -0.39 is 11.4 Å². The highest BCUT2D eigenvalue weighted by molar-refractivity contribution is 7.08. The van der Waals surface area contributed by atoms with Gasteiger partial charge in [-0.2, -0.15) is 4.37 Å². The van der Waals surface area contributed by atoms with Crippen molar-refractivity contribution in [3.05, 3.63) is 39.9 Å². The summed E-state index contributed by atoms with van der Waals surface area (Å²) in [6, 6.07) is 1.79. The molecular formula is C26H31N5O5S. The molecule has 0 aromatic carbocycles. The molecule has 196 valence electrons. The second kappa shape index (κ2) is 10.3. The number of hydrogen-bond acceptors (Lipinski definition) is 9. The van der Waals surface area contributed by atoms with Crippen molar-refractivity contribution in [1.29, 1.82) is 0 Å². The quantitative estimate of drug-likeness (QED) is 0.445. The Morgan fingerprint density at radius 1 is 1.24 bits per heavy atom. The van der Waals surface area contributed by atoms with Crippen LogP contribution < -0.4 is 10.3 Å². The predicted molar refractivity (Wildman–Crippen MR) is 140 cm³/mol. The molecule has 2 aliphatic rings. The molecule has 5 rings (SSSR count). The summed E-state index contributed by atoms with van der Waals surface area (Å²) in [4.78, 5) is 48.9. The van der Waals surface area contributed by atoms with Crippen LogP contribution in [-0.4, -0.2) is 62.1 Å². The van der Waals surface area contributed by atoms with Crippen molar-refractivity contribution >= 4 is 40.1 Å². The molecule has 4 heterocycles. The first-order chi connectivity index (χ1) is 17.8. The van der Waals surface area contributed by atoms with Crippen LogP contribution in [-0.2, 0) is 9.53 Å². The van der Waals surface area contributed by atoms with Crippen LogP contribution in [0.1, 0.15) is 61.4 Å². The lowest BCUT2D eigenvalue weighted by Crippen LogP contribution is -2.52. The van der Waals surface area contributed by atoms with Gasteiger partial charge < -0.3 is 14.7 Å². The Hall–Kier alpha value is -3.18. The van der Waals surface area contributed by atoms with Crippen LogP contribution >= 0.6 is 11.5 Å². The standard InChI is InChI=1S/C26H31N5O5S/c1-3-36-14-26(7-5-4-6-8-26)10-19(32)17-11-30(12-17)20-9-16(2)21-22(33)18(24(34)35)13-31(23(21)29-20)25-27-15-28-37-25/h9,13,15,17H,3-8,10-12,14H2,1-2H3,(H,34,35). The van der Waals surface area contributed by atoms with Crippen LogP contribution in [0.3, 0.4) is 0 Å². The fourth-order valence-corrected chi connectivity index (χ4v) is 6.10. The van der Waals surface area contributed by atoms with Gasteiger partial charge in [0.05, 0.1) is 17.9 Å². The van der Waals surface area contributed by atoms with E-state index in [1.54, 1.807) is 13.0 Å². The Morgan fingerprint density at radius 3 is 2.65 bits per heavy atom. The number of carboxylic acids is 1. The number of pyridine rings is 2. The third-order valence-corrected chi connectivity index (χ3v) is 8.33. The van der Waals surface area contributed by atoms with E-state index in [9.17, 15) is 19.5 Å². The van der Waals surface area contributed by atoms with Crippen LogP contribution in [0, 0.1) is 18.3 Å². The van der Waals surface area contributed by atoms with E-state index in [-0.39, 0.29) is 28.1 Å². The second-order valence-corrected chi connectivity index (χ2v) is 11.0. The summed E-state index contributed by atoms with van der Waals surface area (Å²) in [5.41, 5.74) is -0.0148. The maximum Gasteiger partial charge on any atom is 0.341 e. The van der Waals surface area contributed by atoms with E-state index in [0.717, 1.165) is 37.2 Å². The summed E-state index contributed by atoms with van der Waals surface area (Å²) in [5.74, 6) is -0.431. The van der Waals surface area contributed by atoms with Gasteiger partial charge in [0.15, 0.2) is 5.65 Å². The summed E-state index contributed by atoms with van der Waals surface area (Å²) in [6.07, 6.45) is 8.80. The largest absolute Gasteiger partial charge is 0.477 e. The molecule has 0 amide bonds. The molecule has 0 spiro atoms. The number of carbonyl (C=O) groups is 2. The lowest BCUT2D eigenvalue weighted by atomic mass is 9.70. The van der Waals surface area contributed by atoms with E-state index in [1.807, 2.05) is 11.8 Å². The number of fused-ring (bicyclic) bond motifs is 1. The summed E-state index contributed by atoms with van der Waals surface area (Å²) in [7, 11) is 0. The number of aromatic carboxylic acids is 1. The minimum absolute atomic E-state index is 0.0385. The van der Waals surface area contributed by atoms with Crippen molar-refractivity contribution in [2.24, 2.45) is 11.3 Å². The second-order valence-electron chi connectivity index (χ2n) is 10.2. The zero-order valence-electron chi connectivity index (χ0n) is 21.1. The molecule has 2 fully saturated rings. The molecule has 37 heavy (non-hydrogen) atoms. The van der Waals surface area contributed by atoms with Gasteiger partial charge in [-0.15, -0.1) is 0 Å². The maximum atomic E-state index is 13.3. The lowest BCUT2D eigenvalue weighted by molar-refractivity contribution is -0.128. The van der Waals surface area contributed by atoms with Crippen molar-refractivity contribution in [3.8, 4) is 5.13 Å². The number of hydrogen-bond donors (Lipinski definition) is 1. The number of Topliss-reactive ketones (excluding diaryl/α,β-unsaturated/α-hetero) is 1. The molecule has 0 atom stereocenters. The molecule has 1 saturated heterocycles. The molecule has 11 heteroatoms. The molecule has 0 unspecified atom stereocenters. The van der Waals surface area contributed by atoms with E-state index in [2.05, 4.69) is 9.36 Å². The van der Waals surface area contributed by atoms with Gasteiger partial charge in [-0.05, 0) is 38.3 Å². The number of carbonyl (C=O) groups excluding carboxylic acids is 1. The predicted octanol–water partition coefficient (Wildman–Crippen LogP) is 3.63. The fraction of sp³-hybridized carbons (Fsp3) is 0.538. The number of ketones is 1. The Balaban J connectivity index is 1.40. The Morgan fingerprint density at radius 2 is 2.00 bits per heavy atom. The third kappa shape index (κ3) is 4.89. The number of anilines is 1. The number of carboxylic acid groups (broad SMARTS) is 1. The van der Waals surface area contributed by atoms with Gasteiger partial charge in [-0.1, -0.05) is 19.3 Å². The highest BCUT2D eigenvalue weighted by Crippen LogP contribution is 2.41. The molecule has 3 aromatic heterocycles. The Bertz CT molecular complexity index is 1370. The summed E-state index contributed by atoms with van der Waals surface area (Å²) < 4.78 is 11.3. The van der Waals surface area contributed by atoms with Crippen LogP contribution in [0.5, 0.6) is 0 Å². The van der Waals surface area contributed by atoms with Crippen molar-refractivity contribution in [3.63, 3.8) is 0 Å². The van der Waals surface area contributed by atoms with Crippen molar-refractivity contribution in [2.75, 3.05) is 31.2 Å². The van der Waals surface area contributed by atoms with Gasteiger partial charge in [-0.25, -0.2) is 14.8 Å². The van der Waals surface area contributed by atoms with E-state index >= 15 is 0 Å². The minimum atomic E-state index is -1.31. The normalized spacial score (nSPS) is 17.6. The van der Waals surface area contributed by atoms with Crippen LogP contribution in [0.25, 0.3) is 16.2 Å². The number of rotatable bonds is 9. The molecule has 10 nitrogen and oxygen atoms in total. The topological polar surface area (TPSA) is 128 Å². The number of ether oxygens (including phenoxy) is 1. The molecule has 1 N–H and O–H groups in total. The molecule has 1 saturated carbocycles. The van der Waals surface area contributed by atoms with Gasteiger partial charge in [0.25, 0.3) is 0 Å². The van der Waals surface area contributed by atoms with Crippen molar-refractivity contribution in [2.45, 2.75) is 52.4 Å². The zero-order valence-corrected chi connectivity index (χ0v) is 21.9. The first-order valence-electron chi connectivity index (χ1n) is 12.7. The number of aromatic nitrogens is 4. The molecule has 0 bridgehead atoms. The molecule has 0 radical (unpaired) electrons. The average molecular weight is 526 g/mol. The maximum absolute atomic E-state index is 13.3. The minimum Gasteiger partial charge on any atom is -0.477 e. The first-order valence-corrected chi connectivity index (χ1v) is 13.5. The Labute approximate surface area is 218 Å². The van der Waals surface area contributed by atoms with Crippen LogP contribution in [0.4, 0.5) is 5.82 Å². The smallest absolute Gasteiger partial charge is 0.341 e. The zero-order chi connectivity index (χ0) is 26.2. The first kappa shape index (κ1) is 25.5. The summed E-state index contributed by atoms with van der Waals surface area (Å²) in [6.45, 7) is 6.21. The van der Waals surface area contributed by atoms with Gasteiger partial charge >= 0.3 is 5.97 Å². The molecular weight excluding hydrogens is 494 g/mol. The van der Waals surface area contributed by atoms with E-state index in [1.165, 1.54) is 23.5 Å². The van der Waals surface area contributed by atoms with Crippen molar-refractivity contribution in [1.82, 2.24) is 18.9 Å².